The summed E-state index contributed by atoms with van der Waals surface area (Å²) < 4.78 is 10.3. The van der Waals surface area contributed by atoms with Gasteiger partial charge in [0.25, 0.3) is 0 Å². The van der Waals surface area contributed by atoms with Crippen molar-refractivity contribution in [3.63, 3.8) is 0 Å². The van der Waals surface area contributed by atoms with Gasteiger partial charge in [0.15, 0.2) is 0 Å². The third-order valence-electron chi connectivity index (χ3n) is 3.98. The standard InChI is InChI=1S/C17H32N2O4/c1-16(2,3)23-15(21)19-17(10-7-5-6-8-11-17)13-18-14(20)9-12-22-4/h5-13H2,1-4H3,(H,18,20)(H,19,21). The number of hydrogen-bond acceptors (Lipinski definition) is 4. The van der Waals surface area contributed by atoms with Gasteiger partial charge >= 0.3 is 6.09 Å². The molecule has 2 N–H and O–H groups in total. The van der Waals surface area contributed by atoms with E-state index in [-0.39, 0.29) is 5.91 Å². The molecule has 0 aromatic heterocycles. The average Bonchev–Trinajstić information content (AvgIpc) is 2.67. The van der Waals surface area contributed by atoms with Crippen LogP contribution in [0.15, 0.2) is 0 Å². The average molecular weight is 328 g/mol. The van der Waals surface area contributed by atoms with Crippen molar-refractivity contribution in [2.24, 2.45) is 0 Å². The van der Waals surface area contributed by atoms with Gasteiger partial charge in [-0.3, -0.25) is 4.79 Å². The van der Waals surface area contributed by atoms with Crippen molar-refractivity contribution in [1.82, 2.24) is 10.6 Å². The van der Waals surface area contributed by atoms with E-state index in [1.807, 2.05) is 20.8 Å². The van der Waals surface area contributed by atoms with Crippen LogP contribution in [-0.4, -0.2) is 43.4 Å². The Morgan fingerprint density at radius 1 is 1.09 bits per heavy atom. The molecule has 1 aliphatic rings. The fraction of sp³-hybridized carbons (Fsp3) is 0.882. The van der Waals surface area contributed by atoms with E-state index < -0.39 is 17.2 Å². The molecule has 0 atom stereocenters. The van der Waals surface area contributed by atoms with Crippen molar-refractivity contribution in [2.45, 2.75) is 76.9 Å². The first-order chi connectivity index (χ1) is 10.8. The lowest BCUT2D eigenvalue weighted by Crippen LogP contribution is -2.56. The van der Waals surface area contributed by atoms with E-state index in [0.717, 1.165) is 38.5 Å². The SMILES string of the molecule is COCCC(=O)NCC1(NC(=O)OC(C)(C)C)CCCCCC1. The quantitative estimate of drug-likeness (QED) is 0.735. The topological polar surface area (TPSA) is 76.7 Å². The first-order valence-corrected chi connectivity index (χ1v) is 8.53. The number of carbonyl (C=O) groups excluding carboxylic acids is 2. The number of methoxy groups -OCH3 is 1. The predicted octanol–water partition coefficient (Wildman–Crippen LogP) is 2.76. The molecule has 6 nitrogen and oxygen atoms in total. The van der Waals surface area contributed by atoms with Crippen LogP contribution in [0.1, 0.15) is 65.7 Å². The molecule has 23 heavy (non-hydrogen) atoms. The molecule has 0 saturated heterocycles. The molecule has 0 radical (unpaired) electrons. The fourth-order valence-corrected chi connectivity index (χ4v) is 2.82. The van der Waals surface area contributed by atoms with Gasteiger partial charge in [-0.25, -0.2) is 4.79 Å². The third-order valence-corrected chi connectivity index (χ3v) is 3.98. The van der Waals surface area contributed by atoms with Crippen molar-refractivity contribution < 1.29 is 19.1 Å². The Morgan fingerprint density at radius 3 is 2.22 bits per heavy atom. The van der Waals surface area contributed by atoms with Crippen LogP contribution in [0.5, 0.6) is 0 Å². The molecule has 6 heteroatoms. The lowest BCUT2D eigenvalue weighted by Gasteiger charge is -2.35. The maximum Gasteiger partial charge on any atom is 0.408 e. The van der Waals surface area contributed by atoms with Crippen LogP contribution in [0.4, 0.5) is 4.79 Å². The summed E-state index contributed by atoms with van der Waals surface area (Å²) in [5.74, 6) is -0.0542. The van der Waals surface area contributed by atoms with Gasteiger partial charge < -0.3 is 20.1 Å². The number of ether oxygens (including phenoxy) is 2. The van der Waals surface area contributed by atoms with Crippen molar-refractivity contribution >= 4 is 12.0 Å². The largest absolute Gasteiger partial charge is 0.444 e. The maximum absolute atomic E-state index is 12.2. The fourth-order valence-electron chi connectivity index (χ4n) is 2.82. The normalized spacial score (nSPS) is 17.9. The highest BCUT2D eigenvalue weighted by Crippen LogP contribution is 2.27. The number of carbonyl (C=O) groups is 2. The lowest BCUT2D eigenvalue weighted by molar-refractivity contribution is -0.122. The molecule has 1 rings (SSSR count). The number of alkyl carbamates (subject to hydrolysis) is 1. The van der Waals surface area contributed by atoms with Gasteiger partial charge in [0, 0.05) is 20.1 Å². The zero-order valence-electron chi connectivity index (χ0n) is 15.0. The zero-order valence-corrected chi connectivity index (χ0v) is 15.0. The first-order valence-electron chi connectivity index (χ1n) is 8.53. The minimum Gasteiger partial charge on any atom is -0.444 e. The third kappa shape index (κ3) is 8.21. The Morgan fingerprint density at radius 2 is 1.70 bits per heavy atom. The lowest BCUT2D eigenvalue weighted by atomic mass is 9.90. The highest BCUT2D eigenvalue weighted by molar-refractivity contribution is 5.76. The van der Waals surface area contributed by atoms with E-state index in [1.165, 1.54) is 0 Å². The minimum atomic E-state index is -0.530. The Labute approximate surface area is 139 Å². The van der Waals surface area contributed by atoms with E-state index in [2.05, 4.69) is 10.6 Å². The van der Waals surface area contributed by atoms with E-state index in [1.54, 1.807) is 7.11 Å². The Bertz CT molecular complexity index is 383. The van der Waals surface area contributed by atoms with Crippen LogP contribution in [0.2, 0.25) is 0 Å². The Hall–Kier alpha value is -1.30. The summed E-state index contributed by atoms with van der Waals surface area (Å²) in [7, 11) is 1.57. The van der Waals surface area contributed by atoms with E-state index >= 15 is 0 Å². The molecule has 134 valence electrons. The first kappa shape index (κ1) is 19.7. The summed E-state index contributed by atoms with van der Waals surface area (Å²) in [6.07, 6.45) is 6.05. The second kappa shape index (κ2) is 9.11. The van der Waals surface area contributed by atoms with Crippen LogP contribution in [0.3, 0.4) is 0 Å². The zero-order chi connectivity index (χ0) is 17.3. The van der Waals surface area contributed by atoms with Gasteiger partial charge in [-0.15, -0.1) is 0 Å². The summed E-state index contributed by atoms with van der Waals surface area (Å²) in [6.45, 7) is 6.38. The van der Waals surface area contributed by atoms with Crippen LogP contribution in [0, 0.1) is 0 Å². The molecule has 0 unspecified atom stereocenters. The number of nitrogens with one attached hydrogen (secondary N) is 2. The van der Waals surface area contributed by atoms with Gasteiger partial charge in [0.1, 0.15) is 5.60 Å². The minimum absolute atomic E-state index is 0.0542. The van der Waals surface area contributed by atoms with Gasteiger partial charge in [0.05, 0.1) is 12.1 Å². The van der Waals surface area contributed by atoms with Crippen molar-refractivity contribution in [1.29, 1.82) is 0 Å². The molecule has 0 aliphatic heterocycles. The number of amides is 2. The van der Waals surface area contributed by atoms with Gasteiger partial charge in [0.2, 0.25) is 5.91 Å². The summed E-state index contributed by atoms with van der Waals surface area (Å²) in [5.41, 5.74) is -0.945. The highest BCUT2D eigenvalue weighted by atomic mass is 16.6. The smallest absolute Gasteiger partial charge is 0.408 e. The monoisotopic (exact) mass is 328 g/mol. The molecule has 0 bridgehead atoms. The summed E-state index contributed by atoms with van der Waals surface area (Å²) >= 11 is 0. The van der Waals surface area contributed by atoms with E-state index in [9.17, 15) is 9.59 Å². The van der Waals surface area contributed by atoms with Gasteiger partial charge in [-0.2, -0.15) is 0 Å². The predicted molar refractivity (Wildman–Crippen MR) is 89.3 cm³/mol. The molecule has 1 fully saturated rings. The van der Waals surface area contributed by atoms with Crippen LogP contribution < -0.4 is 10.6 Å². The second-order valence-corrected chi connectivity index (χ2v) is 7.34. The van der Waals surface area contributed by atoms with Crippen molar-refractivity contribution in [3.8, 4) is 0 Å². The number of hydrogen-bond donors (Lipinski definition) is 2. The van der Waals surface area contributed by atoms with Crippen molar-refractivity contribution in [3.05, 3.63) is 0 Å². The molecule has 0 spiro atoms. The molecule has 1 aliphatic carbocycles. The molecule has 0 aromatic rings. The summed E-state index contributed by atoms with van der Waals surface area (Å²) in [6, 6.07) is 0. The van der Waals surface area contributed by atoms with Crippen LogP contribution in [-0.2, 0) is 14.3 Å². The molecule has 0 heterocycles. The molecule has 2 amide bonds. The highest BCUT2D eigenvalue weighted by Gasteiger charge is 2.34. The van der Waals surface area contributed by atoms with Gasteiger partial charge in [-0.1, -0.05) is 25.7 Å². The van der Waals surface area contributed by atoms with Crippen LogP contribution in [0.25, 0.3) is 0 Å². The Kier molecular flexibility index (Phi) is 7.82. The van der Waals surface area contributed by atoms with Crippen LogP contribution >= 0.6 is 0 Å². The van der Waals surface area contributed by atoms with Crippen molar-refractivity contribution in [2.75, 3.05) is 20.3 Å². The van der Waals surface area contributed by atoms with E-state index in [0.29, 0.717) is 19.6 Å². The Balaban J connectivity index is 2.65. The van der Waals surface area contributed by atoms with Gasteiger partial charge in [-0.05, 0) is 33.6 Å². The second-order valence-electron chi connectivity index (χ2n) is 7.34. The molecular weight excluding hydrogens is 296 g/mol. The van der Waals surface area contributed by atoms with E-state index in [4.69, 9.17) is 9.47 Å². The summed E-state index contributed by atoms with van der Waals surface area (Å²) in [4.78, 5) is 24.0. The molecule has 0 aromatic carbocycles. The number of rotatable bonds is 6. The maximum atomic E-state index is 12.2. The summed E-state index contributed by atoms with van der Waals surface area (Å²) in [5, 5.41) is 5.97. The molecule has 1 saturated carbocycles. The molecular formula is C17H32N2O4.